The fourth-order valence-corrected chi connectivity index (χ4v) is 12.5. The first-order valence-corrected chi connectivity index (χ1v) is 21.3. The average molecular weight is 727 g/mol. The highest BCUT2D eigenvalue weighted by atomic mass is 28.4. The lowest BCUT2D eigenvalue weighted by Crippen LogP contribution is -2.82. The maximum atomic E-state index is 15.9. The molecule has 1 aromatic rings. The van der Waals surface area contributed by atoms with Gasteiger partial charge in [0.2, 0.25) is 0 Å². The van der Waals surface area contributed by atoms with Crippen LogP contribution in [0.15, 0.2) is 54.1 Å². The second kappa shape index (κ2) is 14.6. The molecule has 3 aliphatic carbocycles. The summed E-state index contributed by atoms with van der Waals surface area (Å²) in [4.78, 5) is 43.7. The maximum absolute atomic E-state index is 15.9. The summed E-state index contributed by atoms with van der Waals surface area (Å²) in [5.41, 5.74) is -5.04. The number of hydrogen-bond donors (Lipinski definition) is 2. The molecular formula is C40H58O10Si. The van der Waals surface area contributed by atoms with Gasteiger partial charge in [0.25, 0.3) is 0 Å². The predicted octanol–water partition coefficient (Wildman–Crippen LogP) is 6.10. The van der Waals surface area contributed by atoms with Crippen molar-refractivity contribution in [1.29, 1.82) is 0 Å². The molecule has 0 unspecified atom stereocenters. The van der Waals surface area contributed by atoms with E-state index >= 15 is 4.79 Å². The Kier molecular flexibility index (Phi) is 11.3. The molecule has 0 radical (unpaired) electrons. The molecule has 2 bridgehead atoms. The number of ketones is 1. The minimum absolute atomic E-state index is 0.0242. The van der Waals surface area contributed by atoms with Crippen molar-refractivity contribution < 1.29 is 48.0 Å². The first-order chi connectivity index (χ1) is 24.1. The molecule has 2 saturated carbocycles. The van der Waals surface area contributed by atoms with Crippen LogP contribution in [0.3, 0.4) is 0 Å². The molecule has 1 heterocycles. The van der Waals surface area contributed by atoms with Crippen molar-refractivity contribution in [3.63, 3.8) is 0 Å². The third-order valence-corrected chi connectivity index (χ3v) is 17.7. The van der Waals surface area contributed by atoms with Gasteiger partial charge in [0.15, 0.2) is 19.7 Å². The summed E-state index contributed by atoms with van der Waals surface area (Å²) in [6, 6.07) is 10.9. The quantitative estimate of drug-likeness (QED) is 0.139. The van der Waals surface area contributed by atoms with Crippen LogP contribution in [-0.2, 0) is 33.0 Å². The number of carbonyl (C=O) groups excluding carboxylic acids is 3. The number of carbonyl (C=O) groups is 3. The van der Waals surface area contributed by atoms with Crippen LogP contribution in [0.25, 0.3) is 0 Å². The molecule has 282 valence electrons. The fraction of sp³-hybridized carbons (Fsp3) is 0.675. The van der Waals surface area contributed by atoms with Crippen LogP contribution in [0, 0.1) is 16.7 Å². The highest BCUT2D eigenvalue weighted by Crippen LogP contribution is 2.65. The van der Waals surface area contributed by atoms with Crippen molar-refractivity contribution in [3.05, 3.63) is 59.7 Å². The van der Waals surface area contributed by atoms with Crippen molar-refractivity contribution in [2.24, 2.45) is 16.7 Å². The van der Waals surface area contributed by atoms with Gasteiger partial charge < -0.3 is 33.6 Å². The lowest BCUT2D eigenvalue weighted by molar-refractivity contribution is -0.345. The molecular weight excluding hydrogens is 669 g/mol. The summed E-state index contributed by atoms with van der Waals surface area (Å²) in [5, 5.41) is 25.1. The van der Waals surface area contributed by atoms with Crippen molar-refractivity contribution in [2.75, 3.05) is 13.2 Å². The summed E-state index contributed by atoms with van der Waals surface area (Å²) in [5.74, 6) is -2.68. The molecule has 0 amide bonds. The van der Waals surface area contributed by atoms with Crippen LogP contribution in [0.1, 0.15) is 91.4 Å². The molecule has 3 fully saturated rings. The van der Waals surface area contributed by atoms with Crippen molar-refractivity contribution in [2.45, 2.75) is 141 Å². The van der Waals surface area contributed by atoms with E-state index in [0.29, 0.717) is 17.6 Å². The van der Waals surface area contributed by atoms with Crippen LogP contribution in [-0.4, -0.2) is 91.2 Å². The smallest absolute Gasteiger partial charge is 0.338 e. The number of aliphatic hydroxyl groups is 2. The van der Waals surface area contributed by atoms with E-state index in [0.717, 1.165) is 18.1 Å². The summed E-state index contributed by atoms with van der Waals surface area (Å²) < 4.78 is 33.0. The Bertz CT molecular complexity index is 1510. The van der Waals surface area contributed by atoms with E-state index in [4.69, 9.17) is 23.4 Å². The third kappa shape index (κ3) is 6.19. The van der Waals surface area contributed by atoms with Crippen molar-refractivity contribution >= 4 is 26.0 Å². The Morgan fingerprint density at radius 2 is 1.73 bits per heavy atom. The van der Waals surface area contributed by atoms with Gasteiger partial charge in [-0.25, -0.2) is 4.79 Å². The van der Waals surface area contributed by atoms with Gasteiger partial charge in [-0.3, -0.25) is 9.59 Å². The number of ether oxygens (including phenoxy) is 4. The number of esters is 2. The van der Waals surface area contributed by atoms with E-state index in [2.05, 4.69) is 27.4 Å². The first kappa shape index (κ1) is 39.5. The molecule has 1 aromatic carbocycles. The third-order valence-electron chi connectivity index (χ3n) is 13.0. The standard InChI is InChI=1S/C40H58O10Si/c1-10-18-30(42)49-39-24-47-29(39)22-28(50-51(12-3,13-4)14-5)38(9)33(39)35(48-36(44)26-19-16-15-17-20-26)40(45)23-27(41)25(6)31(37(40,7)8)32(34(38)43)46-21-11-2/h11,15-17,19-20,27-29,32-33,35,41,45H,2,10,12-14,18,21-24H2,1,3-9H3/t27-,28-,29+,32+,33-,35-,38+,39-,40+/m0/s1. The van der Waals surface area contributed by atoms with Gasteiger partial charge in [-0.15, -0.1) is 6.58 Å². The minimum atomic E-state index is -2.43. The van der Waals surface area contributed by atoms with E-state index in [1.165, 1.54) is 0 Å². The SMILES string of the molecule is C=CCO[C@H]1C(=O)[C@]2(C)[C@@H](O[Si](CC)(CC)CC)C[C@H]3OC[C@@]3(OC(=O)CCC)[C@H]2[C@H](OC(=O)c2ccccc2)[C@]2(O)C[C@H](O)C(C)=C1C2(C)C. The highest BCUT2D eigenvalue weighted by molar-refractivity contribution is 6.73. The number of aliphatic hydroxyl groups excluding tert-OH is 1. The second-order valence-electron chi connectivity index (χ2n) is 15.7. The van der Waals surface area contributed by atoms with Crippen LogP contribution in [0.5, 0.6) is 0 Å². The summed E-state index contributed by atoms with van der Waals surface area (Å²) in [7, 11) is -2.43. The van der Waals surface area contributed by atoms with E-state index in [1.807, 2.05) is 13.8 Å². The normalized spacial score (nSPS) is 35.8. The zero-order valence-electron chi connectivity index (χ0n) is 31.7. The molecule has 10 nitrogen and oxygen atoms in total. The Hall–Kier alpha value is -2.67. The van der Waals surface area contributed by atoms with Gasteiger partial charge in [0.1, 0.15) is 23.9 Å². The van der Waals surface area contributed by atoms with E-state index in [1.54, 1.807) is 57.2 Å². The number of rotatable bonds is 13. The Labute approximate surface area is 304 Å². The summed E-state index contributed by atoms with van der Waals surface area (Å²) in [6.45, 7) is 19.2. The minimum Gasteiger partial charge on any atom is -0.455 e. The fourth-order valence-electron chi connectivity index (χ4n) is 9.60. The first-order valence-electron chi connectivity index (χ1n) is 18.7. The number of Topliss-reactive ketones (excluding diaryl/α,β-unsaturated/α-hetero) is 1. The molecule has 9 atom stereocenters. The predicted molar refractivity (Wildman–Crippen MR) is 194 cm³/mol. The molecule has 4 aliphatic rings. The van der Waals surface area contributed by atoms with Crippen LogP contribution in [0.4, 0.5) is 0 Å². The molecule has 0 spiro atoms. The van der Waals surface area contributed by atoms with Crippen LogP contribution < -0.4 is 0 Å². The molecule has 5 rings (SSSR count). The topological polar surface area (TPSA) is 138 Å². The zero-order chi connectivity index (χ0) is 37.6. The number of hydrogen-bond acceptors (Lipinski definition) is 10. The van der Waals surface area contributed by atoms with E-state index < -0.39 is 78.7 Å². The summed E-state index contributed by atoms with van der Waals surface area (Å²) in [6.07, 6.45) is -3.05. The second-order valence-corrected chi connectivity index (χ2v) is 20.5. The van der Waals surface area contributed by atoms with E-state index in [9.17, 15) is 19.8 Å². The highest BCUT2D eigenvalue weighted by Gasteiger charge is 2.78. The van der Waals surface area contributed by atoms with Gasteiger partial charge in [-0.1, -0.05) is 65.8 Å². The van der Waals surface area contributed by atoms with Crippen LogP contribution >= 0.6 is 0 Å². The molecule has 1 aliphatic heterocycles. The van der Waals surface area contributed by atoms with Crippen molar-refractivity contribution in [1.82, 2.24) is 0 Å². The van der Waals surface area contributed by atoms with Crippen LogP contribution in [0.2, 0.25) is 18.1 Å². The van der Waals surface area contributed by atoms with Gasteiger partial charge in [-0.2, -0.15) is 0 Å². The van der Waals surface area contributed by atoms with E-state index in [-0.39, 0.29) is 43.8 Å². The average Bonchev–Trinajstić information content (AvgIpc) is 3.10. The molecule has 1 saturated heterocycles. The lowest BCUT2D eigenvalue weighted by atomic mass is 9.44. The lowest BCUT2D eigenvalue weighted by Gasteiger charge is -2.68. The zero-order valence-corrected chi connectivity index (χ0v) is 32.7. The molecule has 51 heavy (non-hydrogen) atoms. The number of fused-ring (bicyclic) bond motifs is 5. The Morgan fingerprint density at radius 1 is 1.08 bits per heavy atom. The Morgan fingerprint density at radius 3 is 2.27 bits per heavy atom. The molecule has 2 N–H and O–H groups in total. The largest absolute Gasteiger partial charge is 0.455 e. The Balaban J connectivity index is 1.87. The molecule has 11 heteroatoms. The number of benzene rings is 1. The monoisotopic (exact) mass is 726 g/mol. The summed E-state index contributed by atoms with van der Waals surface area (Å²) >= 11 is 0. The maximum Gasteiger partial charge on any atom is 0.338 e. The van der Waals surface area contributed by atoms with Gasteiger partial charge in [0.05, 0.1) is 42.3 Å². The van der Waals surface area contributed by atoms with Gasteiger partial charge >= 0.3 is 11.9 Å². The van der Waals surface area contributed by atoms with Gasteiger partial charge in [-0.05, 0) is 61.7 Å². The molecule has 0 aromatic heterocycles. The van der Waals surface area contributed by atoms with Gasteiger partial charge in [0, 0.05) is 24.7 Å². The van der Waals surface area contributed by atoms with Crippen molar-refractivity contribution in [3.8, 4) is 0 Å².